The Labute approximate surface area is 180 Å². The van der Waals surface area contributed by atoms with Gasteiger partial charge in [0.15, 0.2) is 0 Å². The maximum Gasteiger partial charge on any atom is 0.497 e. The highest BCUT2D eigenvalue weighted by molar-refractivity contribution is 6.65. The molecule has 0 spiro atoms. The molecule has 0 unspecified atom stereocenters. The molecule has 8 nitrogen and oxygen atoms in total. The Hall–Kier alpha value is -2.65. The highest BCUT2D eigenvalue weighted by Crippen LogP contribution is 2.42. The first-order valence-electron chi connectivity index (χ1n) is 10.6. The maximum atomic E-state index is 12.2. The van der Waals surface area contributed by atoms with Crippen LogP contribution in [0, 0.1) is 13.8 Å². The third kappa shape index (κ3) is 3.02. The lowest BCUT2D eigenvalue weighted by Gasteiger charge is -2.32. The quantitative estimate of drug-likeness (QED) is 0.636. The lowest BCUT2D eigenvalue weighted by molar-refractivity contribution is 0.00578. The molecule has 2 aromatic heterocycles. The van der Waals surface area contributed by atoms with Crippen molar-refractivity contribution in [1.29, 1.82) is 0 Å². The van der Waals surface area contributed by atoms with E-state index in [0.717, 1.165) is 29.7 Å². The number of carbonyl (C=O) groups is 1. The van der Waals surface area contributed by atoms with E-state index < -0.39 is 24.4 Å². The summed E-state index contributed by atoms with van der Waals surface area (Å²) in [5, 5.41) is 14.1. The van der Waals surface area contributed by atoms with Gasteiger partial charge in [0.05, 0.1) is 27.9 Å². The molecule has 5 rings (SSSR count). The fourth-order valence-corrected chi connectivity index (χ4v) is 4.23. The fraction of sp³-hybridized carbons (Fsp3) is 0.500. The van der Waals surface area contributed by atoms with Crippen LogP contribution in [0.25, 0.3) is 22.2 Å². The molecule has 9 heteroatoms. The van der Waals surface area contributed by atoms with Gasteiger partial charge in [0.2, 0.25) is 0 Å². The first kappa shape index (κ1) is 20.3. The molecule has 1 aromatic carbocycles. The Morgan fingerprint density at radius 1 is 1.16 bits per heavy atom. The van der Waals surface area contributed by atoms with Crippen LogP contribution in [0.2, 0.25) is 0 Å². The second-order valence-electron chi connectivity index (χ2n) is 9.58. The van der Waals surface area contributed by atoms with Crippen molar-refractivity contribution < 1.29 is 23.7 Å². The molecule has 0 radical (unpaired) electrons. The summed E-state index contributed by atoms with van der Waals surface area (Å²) in [5.74, 6) is 1.41. The van der Waals surface area contributed by atoms with Gasteiger partial charge in [0, 0.05) is 16.9 Å². The molecule has 1 aliphatic carbocycles. The SMILES string of the molecule is Cc1noc(C)c1-c1cc(B2OC(C)(C)C(C)(C)O2)c2nc(C3CC3)n(C(=O)O)c2c1. The number of rotatable bonds is 3. The molecule has 2 fully saturated rings. The average molecular weight is 423 g/mol. The topological polar surface area (TPSA) is 99.6 Å². The molecule has 1 aliphatic heterocycles. The zero-order valence-corrected chi connectivity index (χ0v) is 18.6. The van der Waals surface area contributed by atoms with Gasteiger partial charge in [-0.25, -0.2) is 14.3 Å². The fourth-order valence-electron chi connectivity index (χ4n) is 4.23. The minimum absolute atomic E-state index is 0.164. The van der Waals surface area contributed by atoms with Gasteiger partial charge in [-0.3, -0.25) is 0 Å². The molecule has 0 atom stereocenters. The van der Waals surface area contributed by atoms with Gasteiger partial charge in [0.25, 0.3) is 0 Å². The van der Waals surface area contributed by atoms with E-state index in [9.17, 15) is 9.90 Å². The Kier molecular flexibility index (Phi) is 4.20. The number of hydrogen-bond acceptors (Lipinski definition) is 6. The van der Waals surface area contributed by atoms with Crippen molar-refractivity contribution in [1.82, 2.24) is 14.7 Å². The van der Waals surface area contributed by atoms with E-state index in [0.29, 0.717) is 28.1 Å². The average Bonchev–Trinajstić information content (AvgIpc) is 3.30. The molecule has 162 valence electrons. The number of nitrogens with zero attached hydrogens (tertiary/aromatic N) is 3. The minimum atomic E-state index is -1.04. The van der Waals surface area contributed by atoms with Crippen LogP contribution in [0.4, 0.5) is 4.79 Å². The predicted molar refractivity (Wildman–Crippen MR) is 116 cm³/mol. The van der Waals surface area contributed by atoms with Crippen LogP contribution in [0.15, 0.2) is 16.7 Å². The highest BCUT2D eigenvalue weighted by atomic mass is 16.7. The number of fused-ring (bicyclic) bond motifs is 1. The summed E-state index contributed by atoms with van der Waals surface area (Å²) < 4.78 is 19.3. The van der Waals surface area contributed by atoms with Crippen molar-refractivity contribution in [2.24, 2.45) is 0 Å². The van der Waals surface area contributed by atoms with Gasteiger partial charge in [-0.1, -0.05) is 11.2 Å². The number of aryl methyl sites for hydroxylation is 2. The number of hydrogen-bond donors (Lipinski definition) is 1. The molecule has 3 heterocycles. The summed E-state index contributed by atoms with van der Waals surface area (Å²) in [4.78, 5) is 17.0. The van der Waals surface area contributed by atoms with Crippen LogP contribution in [-0.2, 0) is 9.31 Å². The van der Waals surface area contributed by atoms with Crippen molar-refractivity contribution >= 4 is 29.7 Å². The first-order chi connectivity index (χ1) is 14.5. The smallest absolute Gasteiger partial charge is 0.464 e. The molecule has 1 saturated carbocycles. The van der Waals surface area contributed by atoms with Gasteiger partial charge in [-0.2, -0.15) is 0 Å². The monoisotopic (exact) mass is 423 g/mol. The van der Waals surface area contributed by atoms with Gasteiger partial charge < -0.3 is 18.9 Å². The second kappa shape index (κ2) is 6.43. The Morgan fingerprint density at radius 3 is 2.32 bits per heavy atom. The van der Waals surface area contributed by atoms with E-state index in [2.05, 4.69) is 5.16 Å². The lowest BCUT2D eigenvalue weighted by Crippen LogP contribution is -2.41. The number of carboxylic acid groups (broad SMARTS) is 1. The van der Waals surface area contributed by atoms with Crippen molar-refractivity contribution in [3.8, 4) is 11.1 Å². The number of imidazole rings is 1. The zero-order chi connectivity index (χ0) is 22.3. The molecule has 1 N–H and O–H groups in total. The summed E-state index contributed by atoms with van der Waals surface area (Å²) in [6, 6.07) is 3.82. The standard InChI is InChI=1S/C22H26BN3O5/c1-11-17(12(2)29-25-11)14-9-15(23-30-21(3,4)22(5,6)31-23)18-16(10-14)26(20(27)28)19(24-18)13-7-8-13/h9-10,13H,7-8H2,1-6H3,(H,27,28). The van der Waals surface area contributed by atoms with E-state index in [1.165, 1.54) is 4.57 Å². The highest BCUT2D eigenvalue weighted by Gasteiger charge is 2.52. The summed E-state index contributed by atoms with van der Waals surface area (Å²) in [6.45, 7) is 11.7. The van der Waals surface area contributed by atoms with E-state index >= 15 is 0 Å². The third-order valence-corrected chi connectivity index (χ3v) is 6.78. The number of aromatic nitrogens is 3. The van der Waals surface area contributed by atoms with Gasteiger partial charge in [0.1, 0.15) is 11.6 Å². The molecule has 1 saturated heterocycles. The second-order valence-corrected chi connectivity index (χ2v) is 9.58. The van der Waals surface area contributed by atoms with Gasteiger partial charge in [-0.05, 0) is 66.0 Å². The van der Waals surface area contributed by atoms with Gasteiger partial charge >= 0.3 is 13.2 Å². The first-order valence-corrected chi connectivity index (χ1v) is 10.6. The van der Waals surface area contributed by atoms with Gasteiger partial charge in [-0.15, -0.1) is 0 Å². The summed E-state index contributed by atoms with van der Waals surface area (Å²) in [6.07, 6.45) is 0.846. The zero-order valence-electron chi connectivity index (χ0n) is 18.6. The molecular formula is C22H26BN3O5. The summed E-state index contributed by atoms with van der Waals surface area (Å²) in [5.41, 5.74) is 3.16. The third-order valence-electron chi connectivity index (χ3n) is 6.78. The van der Waals surface area contributed by atoms with E-state index in [1.54, 1.807) is 0 Å². The maximum absolute atomic E-state index is 12.2. The van der Waals surface area contributed by atoms with E-state index in [-0.39, 0.29) is 5.92 Å². The molecule has 3 aromatic rings. The molecule has 0 amide bonds. The predicted octanol–water partition coefficient (Wildman–Crippen LogP) is 4.01. The van der Waals surface area contributed by atoms with Crippen LogP contribution in [0.3, 0.4) is 0 Å². The molecular weight excluding hydrogens is 397 g/mol. The van der Waals surface area contributed by atoms with Crippen LogP contribution in [0.1, 0.15) is 63.7 Å². The van der Waals surface area contributed by atoms with Crippen LogP contribution in [0.5, 0.6) is 0 Å². The summed E-state index contributed by atoms with van der Waals surface area (Å²) >= 11 is 0. The normalized spacial score (nSPS) is 20.0. The van der Waals surface area contributed by atoms with E-state index in [4.69, 9.17) is 18.8 Å². The van der Waals surface area contributed by atoms with Crippen LogP contribution < -0.4 is 5.46 Å². The Morgan fingerprint density at radius 2 is 1.81 bits per heavy atom. The Balaban J connectivity index is 1.79. The van der Waals surface area contributed by atoms with Crippen molar-refractivity contribution in [2.75, 3.05) is 0 Å². The molecule has 31 heavy (non-hydrogen) atoms. The van der Waals surface area contributed by atoms with Crippen molar-refractivity contribution in [3.63, 3.8) is 0 Å². The number of benzene rings is 1. The summed E-state index contributed by atoms with van der Waals surface area (Å²) in [7, 11) is -0.669. The largest absolute Gasteiger partial charge is 0.497 e. The Bertz CT molecular complexity index is 1190. The lowest BCUT2D eigenvalue weighted by atomic mass is 9.76. The van der Waals surface area contributed by atoms with Crippen LogP contribution >= 0.6 is 0 Å². The molecule has 2 aliphatic rings. The van der Waals surface area contributed by atoms with Crippen molar-refractivity contribution in [2.45, 2.75) is 71.5 Å². The van der Waals surface area contributed by atoms with Crippen LogP contribution in [-0.4, -0.2) is 44.2 Å². The van der Waals surface area contributed by atoms with E-state index in [1.807, 2.05) is 53.7 Å². The molecule has 0 bridgehead atoms. The minimum Gasteiger partial charge on any atom is -0.464 e. The van der Waals surface area contributed by atoms with Crippen molar-refractivity contribution in [3.05, 3.63) is 29.4 Å².